The largest absolute Gasteiger partial charge is 0.481 e. The normalized spacial score (nSPS) is 18.9. The number of furan rings is 1. The number of hydrogen-bond acceptors (Lipinski definition) is 4. The van der Waals surface area contributed by atoms with Gasteiger partial charge < -0.3 is 14.3 Å². The SMILES string of the molecule is Cc1ccc(-c2cccc(CN3CCOCC3CC(=O)O)c2)o1. The second-order valence-electron chi connectivity index (χ2n) is 5.91. The van der Waals surface area contributed by atoms with E-state index in [1.807, 2.05) is 31.2 Å². The van der Waals surface area contributed by atoms with Crippen LogP contribution in [0.15, 0.2) is 40.8 Å². The number of aliphatic carboxylic acids is 1. The van der Waals surface area contributed by atoms with Gasteiger partial charge in [0.25, 0.3) is 0 Å². The first-order chi connectivity index (χ1) is 11.1. The smallest absolute Gasteiger partial charge is 0.305 e. The molecule has 0 spiro atoms. The Kier molecular flexibility index (Phi) is 4.79. The van der Waals surface area contributed by atoms with Crippen LogP contribution >= 0.6 is 0 Å². The zero-order valence-corrected chi connectivity index (χ0v) is 13.2. The number of carbonyl (C=O) groups is 1. The highest BCUT2D eigenvalue weighted by molar-refractivity contribution is 5.67. The highest BCUT2D eigenvalue weighted by Crippen LogP contribution is 2.24. The van der Waals surface area contributed by atoms with Crippen molar-refractivity contribution in [1.82, 2.24) is 4.90 Å². The third-order valence-corrected chi connectivity index (χ3v) is 4.10. The Hall–Kier alpha value is -2.11. The Morgan fingerprint density at radius 1 is 1.35 bits per heavy atom. The van der Waals surface area contributed by atoms with Crippen LogP contribution in [0.1, 0.15) is 17.7 Å². The van der Waals surface area contributed by atoms with E-state index in [4.69, 9.17) is 14.3 Å². The van der Waals surface area contributed by atoms with Crippen molar-refractivity contribution in [2.75, 3.05) is 19.8 Å². The lowest BCUT2D eigenvalue weighted by Crippen LogP contribution is -2.45. The predicted octanol–water partition coefficient (Wildman–Crippen LogP) is 2.93. The van der Waals surface area contributed by atoms with Gasteiger partial charge >= 0.3 is 5.97 Å². The molecule has 0 saturated carbocycles. The summed E-state index contributed by atoms with van der Waals surface area (Å²) >= 11 is 0. The van der Waals surface area contributed by atoms with Gasteiger partial charge in [-0.15, -0.1) is 0 Å². The number of morpholine rings is 1. The molecular formula is C18H21NO4. The van der Waals surface area contributed by atoms with E-state index < -0.39 is 5.97 Å². The van der Waals surface area contributed by atoms with Crippen LogP contribution in [-0.4, -0.2) is 41.8 Å². The Morgan fingerprint density at radius 3 is 2.96 bits per heavy atom. The first-order valence-electron chi connectivity index (χ1n) is 7.81. The maximum absolute atomic E-state index is 11.0. The van der Waals surface area contributed by atoms with Gasteiger partial charge in [-0.3, -0.25) is 9.69 Å². The van der Waals surface area contributed by atoms with E-state index in [0.29, 0.717) is 13.2 Å². The van der Waals surface area contributed by atoms with Gasteiger partial charge in [-0.05, 0) is 30.7 Å². The molecule has 2 aromatic rings. The van der Waals surface area contributed by atoms with E-state index in [2.05, 4.69) is 17.0 Å². The first kappa shape index (κ1) is 15.8. The molecule has 5 heteroatoms. The molecule has 0 amide bonds. The zero-order valence-electron chi connectivity index (χ0n) is 13.2. The molecule has 0 bridgehead atoms. The third kappa shape index (κ3) is 4.00. The topological polar surface area (TPSA) is 62.9 Å². The molecule has 0 radical (unpaired) electrons. The molecule has 1 aliphatic rings. The van der Waals surface area contributed by atoms with Crippen LogP contribution in [0.3, 0.4) is 0 Å². The Balaban J connectivity index is 1.75. The summed E-state index contributed by atoms with van der Waals surface area (Å²) < 4.78 is 11.1. The molecule has 122 valence electrons. The summed E-state index contributed by atoms with van der Waals surface area (Å²) in [5.41, 5.74) is 2.19. The van der Waals surface area contributed by atoms with Crippen molar-refractivity contribution in [1.29, 1.82) is 0 Å². The fourth-order valence-corrected chi connectivity index (χ4v) is 2.93. The summed E-state index contributed by atoms with van der Waals surface area (Å²) in [6, 6.07) is 12.0. The first-order valence-corrected chi connectivity index (χ1v) is 7.81. The number of carboxylic acids is 1. The van der Waals surface area contributed by atoms with Crippen LogP contribution < -0.4 is 0 Å². The standard InChI is InChI=1S/C18H21NO4/c1-13-5-6-17(23-13)15-4-2-3-14(9-15)11-19-7-8-22-12-16(19)10-18(20)21/h2-6,9,16H,7-8,10-12H2,1H3,(H,20,21). The number of rotatable bonds is 5. The number of ether oxygens (including phenoxy) is 1. The summed E-state index contributed by atoms with van der Waals surface area (Å²) in [5, 5.41) is 9.05. The van der Waals surface area contributed by atoms with Crippen molar-refractivity contribution in [3.8, 4) is 11.3 Å². The second kappa shape index (κ2) is 6.98. The fraction of sp³-hybridized carbons (Fsp3) is 0.389. The van der Waals surface area contributed by atoms with Gasteiger partial charge in [0.2, 0.25) is 0 Å². The molecule has 0 aliphatic carbocycles. The van der Waals surface area contributed by atoms with Crippen LogP contribution in [0, 0.1) is 6.92 Å². The quantitative estimate of drug-likeness (QED) is 0.919. The minimum atomic E-state index is -0.787. The van der Waals surface area contributed by atoms with Gasteiger partial charge in [-0.1, -0.05) is 18.2 Å². The number of carboxylic acid groups (broad SMARTS) is 1. The summed E-state index contributed by atoms with van der Waals surface area (Å²) in [5.74, 6) is 0.957. The van der Waals surface area contributed by atoms with E-state index in [1.54, 1.807) is 0 Å². The van der Waals surface area contributed by atoms with E-state index in [0.717, 1.165) is 35.7 Å². The zero-order chi connectivity index (χ0) is 16.2. The van der Waals surface area contributed by atoms with E-state index in [9.17, 15) is 4.79 Å². The molecule has 23 heavy (non-hydrogen) atoms. The minimum absolute atomic E-state index is 0.0734. The maximum atomic E-state index is 11.0. The predicted molar refractivity (Wildman–Crippen MR) is 86.2 cm³/mol. The van der Waals surface area contributed by atoms with Gasteiger partial charge in [0, 0.05) is 24.7 Å². The molecule has 1 aromatic carbocycles. The minimum Gasteiger partial charge on any atom is -0.481 e. The van der Waals surface area contributed by atoms with Crippen molar-refractivity contribution in [3.05, 3.63) is 47.7 Å². The molecular weight excluding hydrogens is 294 g/mol. The van der Waals surface area contributed by atoms with Crippen molar-refractivity contribution in [3.63, 3.8) is 0 Å². The van der Waals surface area contributed by atoms with E-state index in [1.165, 1.54) is 0 Å². The van der Waals surface area contributed by atoms with E-state index >= 15 is 0 Å². The van der Waals surface area contributed by atoms with Gasteiger partial charge in [0.1, 0.15) is 11.5 Å². The maximum Gasteiger partial charge on any atom is 0.305 e. The van der Waals surface area contributed by atoms with Gasteiger partial charge in [-0.25, -0.2) is 0 Å². The number of hydrogen-bond donors (Lipinski definition) is 1. The number of aryl methyl sites for hydroxylation is 1. The summed E-state index contributed by atoms with van der Waals surface area (Å²) in [4.78, 5) is 13.2. The van der Waals surface area contributed by atoms with Crippen molar-refractivity contribution >= 4 is 5.97 Å². The van der Waals surface area contributed by atoms with Crippen molar-refractivity contribution < 1.29 is 19.1 Å². The van der Waals surface area contributed by atoms with Crippen LogP contribution in [0.4, 0.5) is 0 Å². The third-order valence-electron chi connectivity index (χ3n) is 4.10. The number of benzene rings is 1. The molecule has 1 unspecified atom stereocenters. The lowest BCUT2D eigenvalue weighted by Gasteiger charge is -2.34. The second-order valence-corrected chi connectivity index (χ2v) is 5.91. The lowest BCUT2D eigenvalue weighted by molar-refractivity contribution is -0.140. The van der Waals surface area contributed by atoms with Crippen LogP contribution in [0.5, 0.6) is 0 Å². The highest BCUT2D eigenvalue weighted by Gasteiger charge is 2.25. The Labute approximate surface area is 135 Å². The number of nitrogens with zero attached hydrogens (tertiary/aromatic N) is 1. The van der Waals surface area contributed by atoms with Crippen LogP contribution in [0.2, 0.25) is 0 Å². The molecule has 3 rings (SSSR count). The van der Waals surface area contributed by atoms with Crippen LogP contribution in [-0.2, 0) is 16.1 Å². The molecule has 2 heterocycles. The summed E-state index contributed by atoms with van der Waals surface area (Å²) in [6.45, 7) is 4.52. The fourth-order valence-electron chi connectivity index (χ4n) is 2.93. The van der Waals surface area contributed by atoms with E-state index in [-0.39, 0.29) is 12.5 Å². The monoisotopic (exact) mass is 315 g/mol. The van der Waals surface area contributed by atoms with Gasteiger partial charge in [0.15, 0.2) is 0 Å². The average Bonchev–Trinajstić information content (AvgIpc) is 2.96. The summed E-state index contributed by atoms with van der Waals surface area (Å²) in [7, 11) is 0. The molecule has 1 saturated heterocycles. The Bertz CT molecular complexity index is 679. The van der Waals surface area contributed by atoms with Crippen molar-refractivity contribution in [2.24, 2.45) is 0 Å². The summed E-state index contributed by atoms with van der Waals surface area (Å²) in [6.07, 6.45) is 0.108. The molecule has 5 nitrogen and oxygen atoms in total. The molecule has 1 aliphatic heterocycles. The molecule has 1 N–H and O–H groups in total. The molecule has 1 atom stereocenters. The highest BCUT2D eigenvalue weighted by atomic mass is 16.5. The molecule has 1 aromatic heterocycles. The lowest BCUT2D eigenvalue weighted by atomic mass is 10.1. The van der Waals surface area contributed by atoms with Gasteiger partial charge in [-0.2, -0.15) is 0 Å². The Morgan fingerprint density at radius 2 is 2.22 bits per heavy atom. The van der Waals surface area contributed by atoms with Crippen molar-refractivity contribution in [2.45, 2.75) is 25.9 Å². The van der Waals surface area contributed by atoms with Gasteiger partial charge in [0.05, 0.1) is 19.6 Å². The average molecular weight is 315 g/mol. The molecule has 1 fully saturated rings. The van der Waals surface area contributed by atoms with Crippen LogP contribution in [0.25, 0.3) is 11.3 Å².